The molecule has 0 saturated carbocycles. The Morgan fingerprint density at radius 2 is 1.92 bits per heavy atom. The van der Waals surface area contributed by atoms with Gasteiger partial charge in [-0.1, -0.05) is 12.2 Å². The van der Waals surface area contributed by atoms with Gasteiger partial charge in [0.15, 0.2) is 0 Å². The molecule has 1 saturated heterocycles. The lowest BCUT2D eigenvalue weighted by Gasteiger charge is -2.26. The molecule has 1 aliphatic rings. The molecule has 0 unspecified atom stereocenters. The summed E-state index contributed by atoms with van der Waals surface area (Å²) in [6.07, 6.45) is 0. The summed E-state index contributed by atoms with van der Waals surface area (Å²) >= 11 is 0. The number of carbonyl (C=O) groups is 1. The lowest BCUT2D eigenvalue weighted by molar-refractivity contribution is -0.0979. The number of nitrogens with zero attached hydrogens (tertiary/aromatic N) is 1. The summed E-state index contributed by atoms with van der Waals surface area (Å²) < 4.78 is 5.21. The summed E-state index contributed by atoms with van der Waals surface area (Å²) in [5, 5.41) is 0. The van der Waals surface area contributed by atoms with Crippen LogP contribution in [0, 0.1) is 0 Å². The molecule has 1 fully saturated rings. The second-order valence-corrected chi connectivity index (χ2v) is 2.85. The Kier molecular flexibility index (Phi) is 6.61. The second-order valence-electron chi connectivity index (χ2n) is 2.85. The zero-order valence-corrected chi connectivity index (χ0v) is 7.71. The van der Waals surface area contributed by atoms with Crippen molar-refractivity contribution in [2.75, 3.05) is 32.8 Å². The number of carbonyl (C=O) groups excluding carboxylic acids is 1. The van der Waals surface area contributed by atoms with Crippen LogP contribution in [0.5, 0.6) is 0 Å². The molecule has 0 aromatic rings. The third-order valence-corrected chi connectivity index (χ3v) is 1.60. The SMILES string of the molecule is C=C(C)CN1CCOCC1.C=O. The van der Waals surface area contributed by atoms with Crippen LogP contribution in [0.4, 0.5) is 0 Å². The Balaban J connectivity index is 0.000000561. The summed E-state index contributed by atoms with van der Waals surface area (Å²) in [5.74, 6) is 0. The van der Waals surface area contributed by atoms with Crippen LogP contribution < -0.4 is 0 Å². The summed E-state index contributed by atoms with van der Waals surface area (Å²) in [6, 6.07) is 0. The molecule has 0 radical (unpaired) electrons. The molecule has 0 aromatic heterocycles. The molecular formula is C9H17NO2. The number of hydrogen-bond donors (Lipinski definition) is 0. The molecule has 3 nitrogen and oxygen atoms in total. The molecule has 0 aromatic carbocycles. The van der Waals surface area contributed by atoms with E-state index in [9.17, 15) is 0 Å². The van der Waals surface area contributed by atoms with Crippen molar-refractivity contribution in [3.8, 4) is 0 Å². The fourth-order valence-electron chi connectivity index (χ4n) is 1.14. The highest BCUT2D eigenvalue weighted by Gasteiger charge is 2.08. The van der Waals surface area contributed by atoms with Crippen molar-refractivity contribution in [3.63, 3.8) is 0 Å². The lowest BCUT2D eigenvalue weighted by Crippen LogP contribution is -2.37. The molecule has 0 atom stereocenters. The molecule has 70 valence electrons. The van der Waals surface area contributed by atoms with Crippen molar-refractivity contribution in [1.29, 1.82) is 0 Å². The molecule has 3 heteroatoms. The Labute approximate surface area is 74.0 Å². The van der Waals surface area contributed by atoms with E-state index in [0.29, 0.717) is 0 Å². The number of morpholine rings is 1. The first-order chi connectivity index (χ1) is 5.79. The smallest absolute Gasteiger partial charge is 0.106 e. The van der Waals surface area contributed by atoms with Gasteiger partial charge in [-0.05, 0) is 6.92 Å². The fourth-order valence-corrected chi connectivity index (χ4v) is 1.14. The van der Waals surface area contributed by atoms with Crippen LogP contribution in [0.25, 0.3) is 0 Å². The van der Waals surface area contributed by atoms with Crippen molar-refractivity contribution in [2.45, 2.75) is 6.92 Å². The highest BCUT2D eigenvalue weighted by Crippen LogP contribution is 1.99. The molecular weight excluding hydrogens is 154 g/mol. The van der Waals surface area contributed by atoms with E-state index in [1.54, 1.807) is 0 Å². The van der Waals surface area contributed by atoms with Gasteiger partial charge in [-0.3, -0.25) is 4.90 Å². The van der Waals surface area contributed by atoms with Crippen molar-refractivity contribution in [1.82, 2.24) is 4.90 Å². The van der Waals surface area contributed by atoms with Crippen molar-refractivity contribution >= 4 is 6.79 Å². The second kappa shape index (κ2) is 7.00. The Morgan fingerprint density at radius 1 is 1.42 bits per heavy atom. The maximum Gasteiger partial charge on any atom is 0.106 e. The number of rotatable bonds is 2. The summed E-state index contributed by atoms with van der Waals surface area (Å²) in [6.45, 7) is 12.9. The highest BCUT2D eigenvalue weighted by molar-refractivity contribution is 5.10. The Morgan fingerprint density at radius 3 is 2.33 bits per heavy atom. The van der Waals surface area contributed by atoms with Gasteiger partial charge in [0.05, 0.1) is 13.2 Å². The van der Waals surface area contributed by atoms with E-state index in [2.05, 4.69) is 18.4 Å². The van der Waals surface area contributed by atoms with Crippen molar-refractivity contribution in [3.05, 3.63) is 12.2 Å². The largest absolute Gasteiger partial charge is 0.379 e. The first-order valence-corrected chi connectivity index (χ1v) is 4.02. The molecule has 1 heterocycles. The van der Waals surface area contributed by atoms with E-state index in [0.717, 1.165) is 32.8 Å². The predicted molar refractivity (Wildman–Crippen MR) is 49.2 cm³/mol. The van der Waals surface area contributed by atoms with Gasteiger partial charge in [0.1, 0.15) is 6.79 Å². The van der Waals surface area contributed by atoms with E-state index in [4.69, 9.17) is 9.53 Å². The quantitative estimate of drug-likeness (QED) is 0.573. The molecule has 0 aliphatic carbocycles. The van der Waals surface area contributed by atoms with Gasteiger partial charge in [0.2, 0.25) is 0 Å². The van der Waals surface area contributed by atoms with Crippen LogP contribution in [0.15, 0.2) is 12.2 Å². The zero-order chi connectivity index (χ0) is 9.40. The first-order valence-electron chi connectivity index (χ1n) is 4.02. The van der Waals surface area contributed by atoms with Gasteiger partial charge in [-0.2, -0.15) is 0 Å². The van der Waals surface area contributed by atoms with E-state index < -0.39 is 0 Å². The minimum atomic E-state index is 0.882. The summed E-state index contributed by atoms with van der Waals surface area (Å²) in [7, 11) is 0. The van der Waals surface area contributed by atoms with Gasteiger partial charge in [-0.25, -0.2) is 0 Å². The maximum absolute atomic E-state index is 8.00. The third-order valence-electron chi connectivity index (χ3n) is 1.60. The molecule has 0 bridgehead atoms. The molecule has 12 heavy (non-hydrogen) atoms. The topological polar surface area (TPSA) is 29.5 Å². The van der Waals surface area contributed by atoms with E-state index in [1.165, 1.54) is 5.57 Å². The minimum absolute atomic E-state index is 0.882. The Hall–Kier alpha value is -0.670. The van der Waals surface area contributed by atoms with Crippen LogP contribution in [-0.4, -0.2) is 44.5 Å². The first kappa shape index (κ1) is 11.3. The van der Waals surface area contributed by atoms with Crippen LogP contribution in [-0.2, 0) is 9.53 Å². The van der Waals surface area contributed by atoms with E-state index in [1.807, 2.05) is 6.79 Å². The third kappa shape index (κ3) is 5.04. The van der Waals surface area contributed by atoms with Gasteiger partial charge >= 0.3 is 0 Å². The minimum Gasteiger partial charge on any atom is -0.379 e. The van der Waals surface area contributed by atoms with Gasteiger partial charge in [0.25, 0.3) is 0 Å². The molecule has 1 aliphatic heterocycles. The fraction of sp³-hybridized carbons (Fsp3) is 0.667. The summed E-state index contributed by atoms with van der Waals surface area (Å²) in [4.78, 5) is 10.4. The molecule has 0 spiro atoms. The summed E-state index contributed by atoms with van der Waals surface area (Å²) in [5.41, 5.74) is 1.24. The normalized spacial score (nSPS) is 17.8. The van der Waals surface area contributed by atoms with Crippen molar-refractivity contribution < 1.29 is 9.53 Å². The maximum atomic E-state index is 8.00. The number of ether oxygens (including phenoxy) is 1. The van der Waals surface area contributed by atoms with Crippen molar-refractivity contribution in [2.24, 2.45) is 0 Å². The monoisotopic (exact) mass is 171 g/mol. The lowest BCUT2D eigenvalue weighted by atomic mass is 10.3. The van der Waals surface area contributed by atoms with E-state index >= 15 is 0 Å². The average Bonchev–Trinajstić information content (AvgIpc) is 2.08. The standard InChI is InChI=1S/C8H15NO.CH2O/c1-8(2)7-9-3-5-10-6-4-9;1-2/h1,3-7H2,2H3;1H2. The number of hydrogen-bond acceptors (Lipinski definition) is 3. The van der Waals surface area contributed by atoms with Crippen LogP contribution in [0.3, 0.4) is 0 Å². The molecule has 1 rings (SSSR count). The highest BCUT2D eigenvalue weighted by atomic mass is 16.5. The van der Waals surface area contributed by atoms with Crippen LogP contribution in [0.2, 0.25) is 0 Å². The average molecular weight is 171 g/mol. The zero-order valence-electron chi connectivity index (χ0n) is 7.71. The molecule has 0 N–H and O–H groups in total. The van der Waals surface area contributed by atoms with Gasteiger partial charge in [0, 0.05) is 19.6 Å². The van der Waals surface area contributed by atoms with Crippen LogP contribution >= 0.6 is 0 Å². The van der Waals surface area contributed by atoms with Gasteiger partial charge < -0.3 is 9.53 Å². The predicted octanol–water partition coefficient (Wildman–Crippen LogP) is 0.710. The molecule has 0 amide bonds. The van der Waals surface area contributed by atoms with Crippen LogP contribution in [0.1, 0.15) is 6.92 Å². The Bertz CT molecular complexity index is 130. The van der Waals surface area contributed by atoms with Gasteiger partial charge in [-0.15, -0.1) is 0 Å². The van der Waals surface area contributed by atoms with E-state index in [-0.39, 0.29) is 0 Å².